The van der Waals surface area contributed by atoms with Crippen molar-refractivity contribution in [3.8, 4) is 11.3 Å². The van der Waals surface area contributed by atoms with Crippen molar-refractivity contribution in [2.24, 2.45) is 7.05 Å². The predicted octanol–water partition coefficient (Wildman–Crippen LogP) is 6.09. The van der Waals surface area contributed by atoms with E-state index >= 15 is 0 Å². The van der Waals surface area contributed by atoms with Gasteiger partial charge < -0.3 is 4.57 Å². The van der Waals surface area contributed by atoms with Gasteiger partial charge in [-0.2, -0.15) is 0 Å². The Kier molecular flexibility index (Phi) is 3.09. The van der Waals surface area contributed by atoms with Crippen LogP contribution in [-0.4, -0.2) is 14.5 Å². The van der Waals surface area contributed by atoms with Crippen LogP contribution >= 0.6 is 0 Å². The van der Waals surface area contributed by atoms with E-state index in [1.807, 2.05) is 0 Å². The molecular weight excluding hydrogens is 342 g/mol. The van der Waals surface area contributed by atoms with E-state index in [1.165, 1.54) is 32.4 Å². The van der Waals surface area contributed by atoms with Crippen LogP contribution in [0, 0.1) is 0 Å². The molecule has 0 amide bonds. The van der Waals surface area contributed by atoms with Crippen molar-refractivity contribution in [1.82, 2.24) is 14.5 Å². The largest absolute Gasteiger partial charge is 0.340 e. The molecule has 6 rings (SSSR count). The summed E-state index contributed by atoms with van der Waals surface area (Å²) in [6.07, 6.45) is 1.69. The number of benzene rings is 4. The second kappa shape index (κ2) is 5.64. The van der Waals surface area contributed by atoms with Gasteiger partial charge in [0.1, 0.15) is 11.8 Å². The number of aromatic nitrogens is 3. The Labute approximate surface area is 161 Å². The highest BCUT2D eigenvalue weighted by Gasteiger charge is 2.17. The molecular formula is C25H17N3. The third kappa shape index (κ3) is 2.04. The quantitative estimate of drug-likeness (QED) is 0.355. The molecule has 0 saturated carbocycles. The summed E-state index contributed by atoms with van der Waals surface area (Å²) < 4.78 is 2.23. The lowest BCUT2D eigenvalue weighted by atomic mass is 10.0. The summed E-state index contributed by atoms with van der Waals surface area (Å²) in [6.45, 7) is 0. The number of nitrogens with zero attached hydrogens (tertiary/aromatic N) is 3. The molecule has 132 valence electrons. The highest BCUT2D eigenvalue weighted by molar-refractivity contribution is 6.14. The van der Waals surface area contributed by atoms with Gasteiger partial charge in [0.15, 0.2) is 0 Å². The lowest BCUT2D eigenvalue weighted by Crippen LogP contribution is -1.94. The Morgan fingerprint density at radius 3 is 2.25 bits per heavy atom. The van der Waals surface area contributed by atoms with E-state index in [-0.39, 0.29) is 0 Å². The number of rotatable bonds is 1. The molecule has 0 radical (unpaired) electrons. The van der Waals surface area contributed by atoms with Gasteiger partial charge in [0.05, 0.1) is 16.7 Å². The van der Waals surface area contributed by atoms with E-state index in [0.717, 1.165) is 22.3 Å². The summed E-state index contributed by atoms with van der Waals surface area (Å²) in [6, 6.07) is 27.8. The first kappa shape index (κ1) is 15.3. The summed E-state index contributed by atoms with van der Waals surface area (Å²) in [5.41, 5.74) is 5.37. The van der Waals surface area contributed by atoms with Crippen LogP contribution in [0.25, 0.3) is 54.7 Å². The molecule has 0 aliphatic carbocycles. The standard InChI is InChI=1S/C25H17N3/c1-28-22-14-18-9-3-2-8-17(18)13-21(22)24-25(28)23(26-15-27-24)20-12-6-10-16-7-4-5-11-19(16)20/h2-15H,1H3. The Bertz CT molecular complexity index is 1520. The molecule has 6 aromatic rings. The zero-order valence-corrected chi connectivity index (χ0v) is 15.4. The van der Waals surface area contributed by atoms with Crippen LogP contribution in [0.4, 0.5) is 0 Å². The smallest absolute Gasteiger partial charge is 0.116 e. The van der Waals surface area contributed by atoms with Gasteiger partial charge in [0.2, 0.25) is 0 Å². The van der Waals surface area contributed by atoms with E-state index in [1.54, 1.807) is 6.33 Å². The molecule has 0 spiro atoms. The lowest BCUT2D eigenvalue weighted by molar-refractivity contribution is 1.01. The molecule has 28 heavy (non-hydrogen) atoms. The van der Waals surface area contributed by atoms with Gasteiger partial charge in [-0.15, -0.1) is 0 Å². The molecule has 0 unspecified atom stereocenters. The average molecular weight is 359 g/mol. The van der Waals surface area contributed by atoms with Gasteiger partial charge in [-0.3, -0.25) is 0 Å². The maximum atomic E-state index is 4.72. The third-order valence-electron chi connectivity index (χ3n) is 5.68. The van der Waals surface area contributed by atoms with Crippen LogP contribution in [-0.2, 0) is 7.05 Å². The minimum absolute atomic E-state index is 0.976. The molecule has 2 heterocycles. The fourth-order valence-corrected chi connectivity index (χ4v) is 4.34. The molecule has 0 fully saturated rings. The maximum Gasteiger partial charge on any atom is 0.116 e. The monoisotopic (exact) mass is 359 g/mol. The number of aryl methyl sites for hydroxylation is 1. The fraction of sp³-hybridized carbons (Fsp3) is 0.0400. The molecule has 0 saturated heterocycles. The van der Waals surface area contributed by atoms with E-state index in [2.05, 4.69) is 95.5 Å². The Balaban J connectivity index is 1.78. The lowest BCUT2D eigenvalue weighted by Gasteiger charge is -2.08. The van der Waals surface area contributed by atoms with Crippen molar-refractivity contribution in [1.29, 1.82) is 0 Å². The van der Waals surface area contributed by atoms with Crippen LogP contribution in [0.3, 0.4) is 0 Å². The van der Waals surface area contributed by atoms with Crippen LogP contribution in [0.1, 0.15) is 0 Å². The second-order valence-corrected chi connectivity index (χ2v) is 7.22. The zero-order valence-electron chi connectivity index (χ0n) is 15.4. The summed E-state index contributed by atoms with van der Waals surface area (Å²) in [5, 5.41) is 6.06. The minimum atomic E-state index is 0.976. The van der Waals surface area contributed by atoms with Crippen LogP contribution < -0.4 is 0 Å². The van der Waals surface area contributed by atoms with Crippen molar-refractivity contribution in [3.63, 3.8) is 0 Å². The van der Waals surface area contributed by atoms with Crippen molar-refractivity contribution in [2.45, 2.75) is 0 Å². The molecule has 4 aromatic carbocycles. The predicted molar refractivity (Wildman–Crippen MR) is 116 cm³/mol. The van der Waals surface area contributed by atoms with Gasteiger partial charge in [-0.05, 0) is 33.7 Å². The molecule has 0 N–H and O–H groups in total. The Hall–Kier alpha value is -3.72. The molecule has 0 aliphatic heterocycles. The highest BCUT2D eigenvalue weighted by Crippen LogP contribution is 2.36. The van der Waals surface area contributed by atoms with E-state index in [0.29, 0.717) is 0 Å². The highest BCUT2D eigenvalue weighted by atomic mass is 15.0. The molecule has 0 bridgehead atoms. The van der Waals surface area contributed by atoms with Gasteiger partial charge in [0.25, 0.3) is 0 Å². The summed E-state index contributed by atoms with van der Waals surface area (Å²) >= 11 is 0. The van der Waals surface area contributed by atoms with Crippen LogP contribution in [0.5, 0.6) is 0 Å². The Morgan fingerprint density at radius 2 is 1.39 bits per heavy atom. The summed E-state index contributed by atoms with van der Waals surface area (Å²) in [5.74, 6) is 0. The third-order valence-corrected chi connectivity index (χ3v) is 5.68. The van der Waals surface area contributed by atoms with Crippen molar-refractivity contribution in [2.75, 3.05) is 0 Å². The first-order chi connectivity index (χ1) is 13.8. The second-order valence-electron chi connectivity index (χ2n) is 7.22. The topological polar surface area (TPSA) is 30.7 Å². The zero-order chi connectivity index (χ0) is 18.7. The van der Waals surface area contributed by atoms with Crippen molar-refractivity contribution < 1.29 is 0 Å². The number of fused-ring (bicyclic) bond motifs is 5. The van der Waals surface area contributed by atoms with Gasteiger partial charge in [-0.25, -0.2) is 9.97 Å². The molecule has 3 nitrogen and oxygen atoms in total. The number of hydrogen-bond acceptors (Lipinski definition) is 2. The van der Waals surface area contributed by atoms with E-state index < -0.39 is 0 Å². The molecule has 0 atom stereocenters. The average Bonchev–Trinajstić information content (AvgIpc) is 3.03. The summed E-state index contributed by atoms with van der Waals surface area (Å²) in [4.78, 5) is 9.39. The molecule has 2 aromatic heterocycles. The molecule has 0 aliphatic rings. The molecule has 3 heteroatoms. The van der Waals surface area contributed by atoms with Crippen molar-refractivity contribution in [3.05, 3.63) is 85.2 Å². The SMILES string of the molecule is Cn1c2cc3ccccc3cc2c2ncnc(-c3cccc4ccccc34)c21. The fourth-order valence-electron chi connectivity index (χ4n) is 4.34. The van der Waals surface area contributed by atoms with E-state index in [9.17, 15) is 0 Å². The Morgan fingerprint density at radius 1 is 0.679 bits per heavy atom. The van der Waals surface area contributed by atoms with Crippen LogP contribution in [0.15, 0.2) is 85.2 Å². The van der Waals surface area contributed by atoms with Gasteiger partial charge >= 0.3 is 0 Å². The first-order valence-electron chi connectivity index (χ1n) is 9.41. The van der Waals surface area contributed by atoms with E-state index in [4.69, 9.17) is 4.98 Å². The van der Waals surface area contributed by atoms with Crippen LogP contribution in [0.2, 0.25) is 0 Å². The summed E-state index contributed by atoms with van der Waals surface area (Å²) in [7, 11) is 2.11. The van der Waals surface area contributed by atoms with Gasteiger partial charge in [0, 0.05) is 18.0 Å². The normalized spacial score (nSPS) is 11.8. The minimum Gasteiger partial charge on any atom is -0.340 e. The number of hydrogen-bond donors (Lipinski definition) is 0. The van der Waals surface area contributed by atoms with Crippen molar-refractivity contribution >= 4 is 43.5 Å². The first-order valence-corrected chi connectivity index (χ1v) is 9.41. The maximum absolute atomic E-state index is 4.72. The van der Waals surface area contributed by atoms with Gasteiger partial charge in [-0.1, -0.05) is 66.7 Å².